The van der Waals surface area contributed by atoms with Crippen LogP contribution in [0.3, 0.4) is 0 Å². The van der Waals surface area contributed by atoms with Gasteiger partial charge in [-0.3, -0.25) is 4.90 Å². The largest absolute Gasteiger partial charge is 0.465 e. The molecule has 2 heterocycles. The first kappa shape index (κ1) is 21.1. The molecule has 0 aromatic heterocycles. The molecule has 3 rings (SSSR count). The summed E-state index contributed by atoms with van der Waals surface area (Å²) >= 11 is 0. The number of anilines is 1. The molecule has 0 aliphatic carbocycles. The summed E-state index contributed by atoms with van der Waals surface area (Å²) in [5.74, 6) is 0.228. The highest BCUT2D eigenvalue weighted by Gasteiger charge is 2.36. The van der Waals surface area contributed by atoms with Gasteiger partial charge in [0.1, 0.15) is 0 Å². The van der Waals surface area contributed by atoms with Crippen molar-refractivity contribution in [3.63, 3.8) is 0 Å². The smallest absolute Gasteiger partial charge is 0.338 e. The van der Waals surface area contributed by atoms with E-state index in [-0.39, 0.29) is 11.5 Å². The Morgan fingerprint density at radius 2 is 1.89 bits per heavy atom. The number of nitrogens with zero attached hydrogens (tertiary/aromatic N) is 2. The number of ether oxygens (including phenoxy) is 2. The zero-order valence-corrected chi connectivity index (χ0v) is 18.4. The number of rotatable bonds is 5. The number of hydrogen-bond acceptors (Lipinski definition) is 5. The van der Waals surface area contributed by atoms with Crippen LogP contribution >= 0.6 is 0 Å². The predicted octanol–water partition coefficient (Wildman–Crippen LogP) is 3.98. The van der Waals surface area contributed by atoms with Crippen molar-refractivity contribution in [2.24, 2.45) is 0 Å². The topological polar surface area (TPSA) is 42.0 Å². The summed E-state index contributed by atoms with van der Waals surface area (Å²) in [6.07, 6.45) is 2.07. The number of benzene rings is 1. The molecule has 28 heavy (non-hydrogen) atoms. The van der Waals surface area contributed by atoms with E-state index < -0.39 is 0 Å². The van der Waals surface area contributed by atoms with E-state index in [0.29, 0.717) is 17.5 Å². The van der Waals surface area contributed by atoms with Crippen LogP contribution in [0.1, 0.15) is 67.9 Å². The van der Waals surface area contributed by atoms with Gasteiger partial charge in [0.25, 0.3) is 0 Å². The van der Waals surface area contributed by atoms with Crippen LogP contribution < -0.4 is 4.90 Å². The minimum atomic E-state index is -0.240. The van der Waals surface area contributed by atoms with Gasteiger partial charge < -0.3 is 14.4 Å². The fourth-order valence-electron chi connectivity index (χ4n) is 4.44. The van der Waals surface area contributed by atoms with Gasteiger partial charge in [0, 0.05) is 56.0 Å². The average molecular weight is 389 g/mol. The van der Waals surface area contributed by atoms with Crippen molar-refractivity contribution in [3.05, 3.63) is 28.8 Å². The Bertz CT molecular complexity index is 699. The van der Waals surface area contributed by atoms with Gasteiger partial charge in [-0.1, -0.05) is 0 Å². The van der Waals surface area contributed by atoms with E-state index >= 15 is 0 Å². The molecular weight excluding hydrogens is 352 g/mol. The van der Waals surface area contributed by atoms with Crippen molar-refractivity contribution < 1.29 is 14.3 Å². The molecule has 1 aromatic carbocycles. The molecule has 5 nitrogen and oxygen atoms in total. The Hall–Kier alpha value is -1.59. The number of carbonyl (C=O) groups excluding carboxylic acids is 1. The first-order valence-electron chi connectivity index (χ1n) is 10.6. The lowest BCUT2D eigenvalue weighted by molar-refractivity contribution is 0.0468. The Morgan fingerprint density at radius 1 is 1.25 bits per heavy atom. The first-order valence-corrected chi connectivity index (χ1v) is 10.6. The standard InChI is InChI=1S/C23H36N2O3/c1-7-25(19-8-10-28-11-9-19)21-13-17(12-20(16(21)2)22(26)27-6)18-14-24(15-18)23(3,4)5/h12-13,18-19H,7-11,14-15H2,1-6H3. The molecule has 0 N–H and O–H groups in total. The van der Waals surface area contributed by atoms with E-state index in [1.165, 1.54) is 18.4 Å². The van der Waals surface area contributed by atoms with Crippen LogP contribution in [0.5, 0.6) is 0 Å². The Kier molecular flexibility index (Phi) is 6.35. The maximum Gasteiger partial charge on any atom is 0.338 e. The van der Waals surface area contributed by atoms with Crippen molar-refractivity contribution >= 4 is 11.7 Å². The third kappa shape index (κ3) is 4.20. The molecule has 1 aromatic rings. The molecule has 0 amide bonds. The zero-order valence-electron chi connectivity index (χ0n) is 18.4. The summed E-state index contributed by atoms with van der Waals surface area (Å²) in [5, 5.41) is 0. The molecule has 0 radical (unpaired) electrons. The van der Waals surface area contributed by atoms with Gasteiger partial charge in [0.05, 0.1) is 12.7 Å². The molecule has 2 fully saturated rings. The van der Waals surface area contributed by atoms with E-state index in [1.807, 2.05) is 0 Å². The Labute approximate surface area is 170 Å². The second-order valence-electron chi connectivity index (χ2n) is 9.11. The maximum absolute atomic E-state index is 12.5. The van der Waals surface area contributed by atoms with Gasteiger partial charge in [-0.15, -0.1) is 0 Å². The van der Waals surface area contributed by atoms with Gasteiger partial charge in [-0.05, 0) is 70.7 Å². The van der Waals surface area contributed by atoms with Crippen molar-refractivity contribution in [2.45, 2.75) is 65.0 Å². The minimum Gasteiger partial charge on any atom is -0.465 e. The van der Waals surface area contributed by atoms with Crippen LogP contribution in [-0.2, 0) is 9.47 Å². The fourth-order valence-corrected chi connectivity index (χ4v) is 4.44. The molecule has 0 spiro atoms. The predicted molar refractivity (Wildman–Crippen MR) is 113 cm³/mol. The molecule has 0 atom stereocenters. The SMILES string of the molecule is CCN(c1cc(C2CN(C(C)(C)C)C2)cc(C(=O)OC)c1C)C1CCOCC1. The van der Waals surface area contributed by atoms with Gasteiger partial charge in [-0.2, -0.15) is 0 Å². The number of methoxy groups -OCH3 is 1. The highest BCUT2D eigenvalue weighted by Crippen LogP contribution is 2.37. The molecule has 2 aliphatic rings. The van der Waals surface area contributed by atoms with Crippen LogP contribution in [0, 0.1) is 6.92 Å². The second-order valence-corrected chi connectivity index (χ2v) is 9.11. The number of hydrogen-bond donors (Lipinski definition) is 0. The highest BCUT2D eigenvalue weighted by molar-refractivity contribution is 5.93. The average Bonchev–Trinajstić information content (AvgIpc) is 2.62. The van der Waals surface area contributed by atoms with Crippen molar-refractivity contribution in [1.82, 2.24) is 4.90 Å². The summed E-state index contributed by atoms with van der Waals surface area (Å²) in [4.78, 5) is 17.5. The van der Waals surface area contributed by atoms with E-state index in [1.54, 1.807) is 0 Å². The van der Waals surface area contributed by atoms with Gasteiger partial charge >= 0.3 is 5.97 Å². The lowest BCUT2D eigenvalue weighted by Gasteiger charge is -2.48. The normalized spacial score (nSPS) is 19.4. The lowest BCUT2D eigenvalue weighted by atomic mass is 9.85. The summed E-state index contributed by atoms with van der Waals surface area (Å²) < 4.78 is 10.7. The van der Waals surface area contributed by atoms with Crippen LogP contribution in [0.4, 0.5) is 5.69 Å². The Balaban J connectivity index is 1.95. The van der Waals surface area contributed by atoms with Gasteiger partial charge in [0.2, 0.25) is 0 Å². The third-order valence-electron chi connectivity index (χ3n) is 6.39. The summed E-state index contributed by atoms with van der Waals surface area (Å²) in [6.45, 7) is 15.6. The first-order chi connectivity index (χ1) is 13.3. The van der Waals surface area contributed by atoms with Crippen molar-refractivity contribution in [2.75, 3.05) is 44.9 Å². The third-order valence-corrected chi connectivity index (χ3v) is 6.39. The zero-order chi connectivity index (χ0) is 20.5. The minimum absolute atomic E-state index is 0.187. The highest BCUT2D eigenvalue weighted by atomic mass is 16.5. The second kappa shape index (κ2) is 8.42. The fraction of sp³-hybridized carbons (Fsp3) is 0.696. The van der Waals surface area contributed by atoms with Gasteiger partial charge in [-0.25, -0.2) is 4.79 Å². The number of esters is 1. The van der Waals surface area contributed by atoms with Gasteiger partial charge in [0.15, 0.2) is 0 Å². The monoisotopic (exact) mass is 388 g/mol. The quantitative estimate of drug-likeness (QED) is 0.714. The Morgan fingerprint density at radius 3 is 2.43 bits per heavy atom. The molecule has 0 saturated carbocycles. The van der Waals surface area contributed by atoms with Crippen molar-refractivity contribution in [1.29, 1.82) is 0 Å². The van der Waals surface area contributed by atoms with E-state index in [9.17, 15) is 4.79 Å². The molecule has 156 valence electrons. The summed E-state index contributed by atoms with van der Waals surface area (Å²) in [7, 11) is 1.47. The lowest BCUT2D eigenvalue weighted by Crippen LogP contribution is -2.54. The molecule has 0 unspecified atom stereocenters. The van der Waals surface area contributed by atoms with E-state index in [0.717, 1.165) is 51.3 Å². The van der Waals surface area contributed by atoms with Crippen molar-refractivity contribution in [3.8, 4) is 0 Å². The van der Waals surface area contributed by atoms with E-state index in [2.05, 4.69) is 56.6 Å². The van der Waals surface area contributed by atoms with Crippen LogP contribution in [-0.4, -0.2) is 62.4 Å². The van der Waals surface area contributed by atoms with Crippen LogP contribution in [0.15, 0.2) is 12.1 Å². The molecular formula is C23H36N2O3. The molecule has 2 aliphatic heterocycles. The number of carbonyl (C=O) groups is 1. The van der Waals surface area contributed by atoms with Crippen LogP contribution in [0.25, 0.3) is 0 Å². The molecule has 0 bridgehead atoms. The molecule has 5 heteroatoms. The molecule has 2 saturated heterocycles. The van der Waals surface area contributed by atoms with Crippen LogP contribution in [0.2, 0.25) is 0 Å². The summed E-state index contributed by atoms with van der Waals surface area (Å²) in [6, 6.07) is 4.85. The summed E-state index contributed by atoms with van der Waals surface area (Å²) in [5.41, 5.74) is 4.35. The number of likely N-dealkylation sites (tertiary alicyclic amines) is 1. The maximum atomic E-state index is 12.5. The van der Waals surface area contributed by atoms with E-state index in [4.69, 9.17) is 9.47 Å².